The number of hydrogen-bond acceptors (Lipinski definition) is 1. The van der Waals surface area contributed by atoms with Crippen LogP contribution in [0.1, 0.15) is 43.1 Å². The van der Waals surface area contributed by atoms with Gasteiger partial charge in [-0.3, -0.25) is 4.79 Å². The molecule has 1 aromatic heterocycles. The highest BCUT2D eigenvalue weighted by Crippen LogP contribution is 2.24. The summed E-state index contributed by atoms with van der Waals surface area (Å²) in [5.74, 6) is 0.143. The third-order valence-corrected chi connectivity index (χ3v) is 4.05. The van der Waals surface area contributed by atoms with Crippen molar-refractivity contribution in [1.82, 2.24) is 9.47 Å². The maximum Gasteiger partial charge on any atom is 0.270 e. The van der Waals surface area contributed by atoms with Gasteiger partial charge in [0.15, 0.2) is 0 Å². The first-order chi connectivity index (χ1) is 8.13. The molecule has 1 aliphatic carbocycles. The van der Waals surface area contributed by atoms with E-state index in [2.05, 4.69) is 22.9 Å². The average Bonchev–Trinajstić information content (AvgIpc) is 2.95. The highest BCUT2D eigenvalue weighted by atomic mass is 79.9. The van der Waals surface area contributed by atoms with Crippen molar-refractivity contribution in [3.8, 4) is 0 Å². The maximum absolute atomic E-state index is 12.4. The predicted molar refractivity (Wildman–Crippen MR) is 72.2 cm³/mol. The molecule has 2 rings (SSSR count). The smallest absolute Gasteiger partial charge is 0.270 e. The molecule has 0 unspecified atom stereocenters. The van der Waals surface area contributed by atoms with Crippen LogP contribution < -0.4 is 0 Å². The summed E-state index contributed by atoms with van der Waals surface area (Å²) >= 11 is 3.43. The molecule has 0 bridgehead atoms. The Morgan fingerprint density at radius 3 is 2.76 bits per heavy atom. The summed E-state index contributed by atoms with van der Waals surface area (Å²) in [6.07, 6.45) is 6.77. The van der Waals surface area contributed by atoms with Gasteiger partial charge in [-0.1, -0.05) is 12.8 Å². The number of rotatable bonds is 3. The molecule has 0 spiro atoms. The topological polar surface area (TPSA) is 25.2 Å². The minimum absolute atomic E-state index is 0.143. The minimum atomic E-state index is 0.143. The van der Waals surface area contributed by atoms with E-state index in [0.717, 1.165) is 29.6 Å². The molecule has 0 atom stereocenters. The summed E-state index contributed by atoms with van der Waals surface area (Å²) in [6, 6.07) is 2.35. The fraction of sp³-hybridized carbons (Fsp3) is 0.615. The number of aryl methyl sites for hydroxylation is 1. The standard InChI is InChI=1S/C13H19BrN2O/c1-3-16-9-10(14)8-12(16)13(17)15(2)11-6-4-5-7-11/h8-9,11H,3-7H2,1-2H3. The summed E-state index contributed by atoms with van der Waals surface area (Å²) in [5, 5.41) is 0. The summed E-state index contributed by atoms with van der Waals surface area (Å²) in [6.45, 7) is 2.88. The first-order valence-corrected chi connectivity index (χ1v) is 7.05. The summed E-state index contributed by atoms with van der Waals surface area (Å²) in [7, 11) is 1.93. The van der Waals surface area contributed by atoms with E-state index >= 15 is 0 Å². The van der Waals surface area contributed by atoms with Crippen LogP contribution in [0.2, 0.25) is 0 Å². The number of carbonyl (C=O) groups excluding carboxylic acids is 1. The van der Waals surface area contributed by atoms with Gasteiger partial charge in [-0.05, 0) is 41.8 Å². The highest BCUT2D eigenvalue weighted by molar-refractivity contribution is 9.10. The molecule has 1 aliphatic rings. The van der Waals surface area contributed by atoms with Crippen LogP contribution in [-0.4, -0.2) is 28.5 Å². The Balaban J connectivity index is 2.17. The number of hydrogen-bond donors (Lipinski definition) is 0. The Kier molecular flexibility index (Phi) is 3.92. The second-order valence-electron chi connectivity index (χ2n) is 4.68. The molecule has 1 amide bonds. The monoisotopic (exact) mass is 298 g/mol. The number of aromatic nitrogens is 1. The summed E-state index contributed by atoms with van der Waals surface area (Å²) in [5.41, 5.74) is 0.786. The van der Waals surface area contributed by atoms with E-state index in [-0.39, 0.29) is 5.91 Å². The summed E-state index contributed by atoms with van der Waals surface area (Å²) < 4.78 is 2.97. The zero-order valence-corrected chi connectivity index (χ0v) is 12.0. The zero-order chi connectivity index (χ0) is 12.4. The van der Waals surface area contributed by atoms with Crippen LogP contribution in [0.4, 0.5) is 0 Å². The normalized spacial score (nSPS) is 16.4. The van der Waals surface area contributed by atoms with Crippen LogP contribution in [-0.2, 0) is 6.54 Å². The molecule has 0 saturated heterocycles. The first kappa shape index (κ1) is 12.7. The Bertz CT molecular complexity index is 408. The fourth-order valence-corrected chi connectivity index (χ4v) is 3.02. The molecule has 1 saturated carbocycles. The second-order valence-corrected chi connectivity index (χ2v) is 5.60. The van der Waals surface area contributed by atoms with Gasteiger partial charge >= 0.3 is 0 Å². The van der Waals surface area contributed by atoms with E-state index in [9.17, 15) is 4.79 Å². The fourth-order valence-electron chi connectivity index (χ4n) is 2.55. The van der Waals surface area contributed by atoms with Crippen LogP contribution in [0, 0.1) is 0 Å². The Labute approximate surface area is 111 Å². The lowest BCUT2D eigenvalue weighted by Gasteiger charge is -2.24. The van der Waals surface area contributed by atoms with E-state index in [1.807, 2.05) is 28.8 Å². The molecule has 1 aromatic rings. The van der Waals surface area contributed by atoms with Gasteiger partial charge in [0, 0.05) is 30.3 Å². The molecule has 94 valence electrons. The van der Waals surface area contributed by atoms with Crippen molar-refractivity contribution in [2.24, 2.45) is 0 Å². The lowest BCUT2D eigenvalue weighted by atomic mass is 10.2. The van der Waals surface area contributed by atoms with Crippen LogP contribution in [0.5, 0.6) is 0 Å². The largest absolute Gasteiger partial charge is 0.343 e. The Morgan fingerprint density at radius 1 is 1.53 bits per heavy atom. The van der Waals surface area contributed by atoms with Gasteiger partial charge in [0.2, 0.25) is 0 Å². The van der Waals surface area contributed by atoms with E-state index in [4.69, 9.17) is 0 Å². The van der Waals surface area contributed by atoms with Gasteiger partial charge in [0.05, 0.1) is 0 Å². The van der Waals surface area contributed by atoms with Crippen LogP contribution in [0.3, 0.4) is 0 Å². The van der Waals surface area contributed by atoms with Crippen LogP contribution in [0.25, 0.3) is 0 Å². The molecule has 1 fully saturated rings. The third kappa shape index (κ3) is 2.57. The van der Waals surface area contributed by atoms with E-state index in [1.54, 1.807) is 0 Å². The van der Waals surface area contributed by atoms with Gasteiger partial charge in [-0.15, -0.1) is 0 Å². The third-order valence-electron chi connectivity index (χ3n) is 3.62. The van der Waals surface area contributed by atoms with Gasteiger partial charge < -0.3 is 9.47 Å². The van der Waals surface area contributed by atoms with Crippen molar-refractivity contribution in [2.75, 3.05) is 7.05 Å². The molecule has 4 heteroatoms. The van der Waals surface area contributed by atoms with Crippen molar-refractivity contribution in [2.45, 2.75) is 45.2 Å². The SMILES string of the molecule is CCn1cc(Br)cc1C(=O)N(C)C1CCCC1. The maximum atomic E-state index is 12.4. The Hall–Kier alpha value is -0.770. The molecule has 0 aliphatic heterocycles. The molecular weight excluding hydrogens is 280 g/mol. The minimum Gasteiger partial charge on any atom is -0.343 e. The molecule has 0 N–H and O–H groups in total. The van der Waals surface area contributed by atoms with Gasteiger partial charge in [0.1, 0.15) is 5.69 Å². The van der Waals surface area contributed by atoms with Crippen molar-refractivity contribution < 1.29 is 4.79 Å². The van der Waals surface area contributed by atoms with Crippen molar-refractivity contribution in [3.63, 3.8) is 0 Å². The molecule has 0 radical (unpaired) electrons. The van der Waals surface area contributed by atoms with Crippen LogP contribution in [0.15, 0.2) is 16.7 Å². The van der Waals surface area contributed by atoms with Gasteiger partial charge in [-0.2, -0.15) is 0 Å². The number of amides is 1. The van der Waals surface area contributed by atoms with Crippen molar-refractivity contribution in [1.29, 1.82) is 0 Å². The first-order valence-electron chi connectivity index (χ1n) is 6.26. The molecule has 3 nitrogen and oxygen atoms in total. The molecule has 0 aromatic carbocycles. The second kappa shape index (κ2) is 5.25. The van der Waals surface area contributed by atoms with Gasteiger partial charge in [-0.25, -0.2) is 0 Å². The van der Waals surface area contributed by atoms with E-state index in [1.165, 1.54) is 12.8 Å². The van der Waals surface area contributed by atoms with Gasteiger partial charge in [0.25, 0.3) is 5.91 Å². The number of carbonyl (C=O) groups is 1. The molecule has 17 heavy (non-hydrogen) atoms. The lowest BCUT2D eigenvalue weighted by Crippen LogP contribution is -2.36. The van der Waals surface area contributed by atoms with Crippen molar-refractivity contribution >= 4 is 21.8 Å². The van der Waals surface area contributed by atoms with E-state index < -0.39 is 0 Å². The Morgan fingerprint density at radius 2 is 2.18 bits per heavy atom. The van der Waals surface area contributed by atoms with Crippen molar-refractivity contribution in [3.05, 3.63) is 22.4 Å². The summed E-state index contributed by atoms with van der Waals surface area (Å²) in [4.78, 5) is 14.3. The van der Waals surface area contributed by atoms with E-state index in [0.29, 0.717) is 6.04 Å². The highest BCUT2D eigenvalue weighted by Gasteiger charge is 2.25. The van der Waals surface area contributed by atoms with Crippen LogP contribution >= 0.6 is 15.9 Å². The molecule has 1 heterocycles. The number of halogens is 1. The predicted octanol–water partition coefficient (Wildman–Crippen LogP) is 3.29. The lowest BCUT2D eigenvalue weighted by molar-refractivity contribution is 0.0724. The quantitative estimate of drug-likeness (QED) is 0.841. The average molecular weight is 299 g/mol. The molecular formula is C13H19BrN2O. The number of nitrogens with zero attached hydrogens (tertiary/aromatic N) is 2. The zero-order valence-electron chi connectivity index (χ0n) is 10.4.